The molecule has 0 aliphatic rings. The van der Waals surface area contributed by atoms with Crippen LogP contribution in [0.15, 0.2) is 42.0 Å². The number of nitrogens with two attached hydrogens (primary N) is 1. The number of aryl methyl sites for hydroxylation is 1. The van der Waals surface area contributed by atoms with Gasteiger partial charge in [0.25, 0.3) is 5.91 Å². The van der Waals surface area contributed by atoms with Crippen LogP contribution in [0, 0.1) is 25.4 Å². The third-order valence-electron chi connectivity index (χ3n) is 3.40. The van der Waals surface area contributed by atoms with Gasteiger partial charge in [0.2, 0.25) is 0 Å². The summed E-state index contributed by atoms with van der Waals surface area (Å²) in [6, 6.07) is 12.4. The third-order valence-corrected chi connectivity index (χ3v) is 5.00. The number of urea groups is 1. The van der Waals surface area contributed by atoms with Crippen LogP contribution < -0.4 is 15.8 Å². The Bertz CT molecular complexity index is 942. The highest BCUT2D eigenvalue weighted by Gasteiger charge is 2.13. The number of ether oxygens (including phenoxy) is 1. The highest BCUT2D eigenvalue weighted by Crippen LogP contribution is 2.30. The molecule has 6 nitrogen and oxygen atoms in total. The predicted octanol–water partition coefficient (Wildman–Crippen LogP) is 3.89. The van der Waals surface area contributed by atoms with E-state index >= 15 is 0 Å². The molecule has 0 aliphatic heterocycles. The number of imide groups is 1. The van der Waals surface area contributed by atoms with Crippen molar-refractivity contribution in [1.29, 1.82) is 5.26 Å². The van der Waals surface area contributed by atoms with Gasteiger partial charge in [-0.25, -0.2) is 4.79 Å². The number of hydrogen-bond donors (Lipinski definition) is 2. The van der Waals surface area contributed by atoms with E-state index in [-0.39, 0.29) is 5.57 Å². The van der Waals surface area contributed by atoms with Crippen LogP contribution in [0.25, 0.3) is 6.08 Å². The zero-order valence-electron chi connectivity index (χ0n) is 14.3. The monoisotopic (exact) mass is 587 g/mol. The fraction of sp³-hybridized carbons (Fsp3) is 0.105. The van der Waals surface area contributed by atoms with E-state index in [1.807, 2.05) is 30.4 Å². The molecule has 2 rings (SSSR count). The Balaban J connectivity index is 2.23. The minimum atomic E-state index is -1.01. The van der Waals surface area contributed by atoms with Gasteiger partial charge in [0.05, 0.1) is 7.14 Å². The number of hydrogen-bond acceptors (Lipinski definition) is 4. The van der Waals surface area contributed by atoms with Crippen molar-refractivity contribution in [3.05, 3.63) is 65.8 Å². The second-order valence-corrected chi connectivity index (χ2v) is 7.90. The number of nitrogens with one attached hydrogen (secondary N) is 1. The fourth-order valence-corrected chi connectivity index (χ4v) is 4.38. The van der Waals surface area contributed by atoms with Crippen molar-refractivity contribution >= 4 is 63.2 Å². The minimum Gasteiger partial charge on any atom is -0.487 e. The van der Waals surface area contributed by atoms with E-state index in [1.165, 1.54) is 11.6 Å². The lowest BCUT2D eigenvalue weighted by Gasteiger charge is -2.12. The average molecular weight is 587 g/mol. The summed E-state index contributed by atoms with van der Waals surface area (Å²) in [5.74, 6) is -0.107. The standard InChI is InChI=1S/C19H15I2N3O3/c1-11-3-2-4-12(5-11)10-27-17-15(20)7-13(8-16(17)21)6-14(9-22)18(25)24-19(23)26/h2-8H,10H2,1H3,(H3,23,24,25,26)/b14-6-. The van der Waals surface area contributed by atoms with Gasteiger partial charge < -0.3 is 10.5 Å². The van der Waals surface area contributed by atoms with Gasteiger partial charge in [-0.05, 0) is 81.4 Å². The number of primary amides is 1. The SMILES string of the molecule is Cc1cccc(COc2c(I)cc(/C=C(/C#N)C(=O)NC(N)=O)cc2I)c1. The van der Waals surface area contributed by atoms with Crippen LogP contribution in [-0.4, -0.2) is 11.9 Å². The number of carbonyl (C=O) groups excluding carboxylic acids is 2. The molecule has 27 heavy (non-hydrogen) atoms. The van der Waals surface area contributed by atoms with Gasteiger partial charge in [0.15, 0.2) is 0 Å². The van der Waals surface area contributed by atoms with Gasteiger partial charge in [0, 0.05) is 0 Å². The van der Waals surface area contributed by atoms with Crippen LogP contribution in [0.5, 0.6) is 5.75 Å². The van der Waals surface area contributed by atoms with Crippen molar-refractivity contribution in [2.24, 2.45) is 5.73 Å². The summed E-state index contributed by atoms with van der Waals surface area (Å²) in [4.78, 5) is 22.6. The van der Waals surface area contributed by atoms with Crippen LogP contribution in [0.4, 0.5) is 4.79 Å². The van der Waals surface area contributed by atoms with Gasteiger partial charge in [-0.15, -0.1) is 0 Å². The topological polar surface area (TPSA) is 105 Å². The Morgan fingerprint density at radius 3 is 2.48 bits per heavy atom. The molecule has 2 aromatic rings. The molecule has 0 spiro atoms. The zero-order chi connectivity index (χ0) is 20.0. The lowest BCUT2D eigenvalue weighted by atomic mass is 10.1. The first kappa shape index (κ1) is 21.2. The normalized spacial score (nSPS) is 10.8. The van der Waals surface area contributed by atoms with Crippen LogP contribution in [-0.2, 0) is 11.4 Å². The molecule has 2 aromatic carbocycles. The van der Waals surface area contributed by atoms with Crippen molar-refractivity contribution in [3.63, 3.8) is 0 Å². The number of amides is 3. The molecule has 0 heterocycles. The zero-order valence-corrected chi connectivity index (χ0v) is 18.6. The van der Waals surface area contributed by atoms with Crippen molar-refractivity contribution in [1.82, 2.24) is 5.32 Å². The first-order valence-corrected chi connectivity index (χ1v) is 9.86. The van der Waals surface area contributed by atoms with Crippen molar-refractivity contribution in [2.75, 3.05) is 0 Å². The number of nitrogens with zero attached hydrogens (tertiary/aromatic N) is 1. The van der Waals surface area contributed by atoms with Crippen LogP contribution in [0.1, 0.15) is 16.7 Å². The predicted molar refractivity (Wildman–Crippen MR) is 119 cm³/mol. The Morgan fingerprint density at radius 1 is 1.26 bits per heavy atom. The highest BCUT2D eigenvalue weighted by atomic mass is 127. The van der Waals surface area contributed by atoms with E-state index in [1.54, 1.807) is 18.2 Å². The molecule has 8 heteroatoms. The van der Waals surface area contributed by atoms with E-state index in [2.05, 4.69) is 51.2 Å². The summed E-state index contributed by atoms with van der Waals surface area (Å²) >= 11 is 4.28. The summed E-state index contributed by atoms with van der Waals surface area (Å²) in [5.41, 5.74) is 7.57. The summed E-state index contributed by atoms with van der Waals surface area (Å²) in [6.07, 6.45) is 1.40. The lowest BCUT2D eigenvalue weighted by molar-refractivity contribution is -0.115. The fourth-order valence-electron chi connectivity index (χ4n) is 2.25. The highest BCUT2D eigenvalue weighted by molar-refractivity contribution is 14.1. The minimum absolute atomic E-state index is 0.214. The molecule has 0 unspecified atom stereocenters. The number of carbonyl (C=O) groups is 2. The summed E-state index contributed by atoms with van der Waals surface area (Å²) < 4.78 is 7.63. The van der Waals surface area contributed by atoms with Crippen LogP contribution in [0.3, 0.4) is 0 Å². The number of rotatable bonds is 5. The smallest absolute Gasteiger partial charge is 0.319 e. The number of benzene rings is 2. The van der Waals surface area contributed by atoms with E-state index in [4.69, 9.17) is 15.7 Å². The van der Waals surface area contributed by atoms with Gasteiger partial charge >= 0.3 is 6.03 Å². The van der Waals surface area contributed by atoms with Crippen LogP contribution >= 0.6 is 45.2 Å². The lowest BCUT2D eigenvalue weighted by Crippen LogP contribution is -2.35. The Kier molecular flexibility index (Phi) is 7.61. The van der Waals surface area contributed by atoms with Gasteiger partial charge in [0.1, 0.15) is 24.0 Å². The molecule has 0 atom stereocenters. The quantitative estimate of drug-likeness (QED) is 0.315. The molecule has 0 fully saturated rings. The Morgan fingerprint density at radius 2 is 1.93 bits per heavy atom. The van der Waals surface area contributed by atoms with E-state index < -0.39 is 11.9 Å². The molecular formula is C19H15I2N3O3. The second kappa shape index (κ2) is 9.70. The molecule has 3 N–H and O–H groups in total. The maximum atomic E-state index is 11.8. The average Bonchev–Trinajstić information content (AvgIpc) is 2.58. The number of nitriles is 1. The molecular weight excluding hydrogens is 572 g/mol. The molecule has 3 amide bonds. The van der Waals surface area contributed by atoms with Gasteiger partial charge in [-0.3, -0.25) is 10.1 Å². The van der Waals surface area contributed by atoms with E-state index in [0.717, 1.165) is 18.5 Å². The Hall–Kier alpha value is -2.13. The maximum Gasteiger partial charge on any atom is 0.319 e. The summed E-state index contributed by atoms with van der Waals surface area (Å²) in [7, 11) is 0. The van der Waals surface area contributed by atoms with E-state index in [9.17, 15) is 9.59 Å². The van der Waals surface area contributed by atoms with Crippen molar-refractivity contribution in [2.45, 2.75) is 13.5 Å². The van der Waals surface area contributed by atoms with Crippen LogP contribution in [0.2, 0.25) is 0 Å². The Labute approximate surface area is 184 Å². The van der Waals surface area contributed by atoms with Crippen molar-refractivity contribution < 1.29 is 14.3 Å². The summed E-state index contributed by atoms with van der Waals surface area (Å²) in [5, 5.41) is 11.0. The molecule has 138 valence electrons. The first-order valence-electron chi connectivity index (χ1n) is 7.70. The van der Waals surface area contributed by atoms with Gasteiger partial charge in [-0.2, -0.15) is 5.26 Å². The molecule has 0 aromatic heterocycles. The second-order valence-electron chi connectivity index (χ2n) is 5.58. The molecule has 0 bridgehead atoms. The first-order chi connectivity index (χ1) is 12.8. The van der Waals surface area contributed by atoms with Gasteiger partial charge in [-0.1, -0.05) is 29.8 Å². The third kappa shape index (κ3) is 6.21. The maximum absolute atomic E-state index is 11.8. The van der Waals surface area contributed by atoms with E-state index in [0.29, 0.717) is 12.2 Å². The summed E-state index contributed by atoms with van der Waals surface area (Å²) in [6.45, 7) is 2.46. The van der Waals surface area contributed by atoms with Crippen molar-refractivity contribution in [3.8, 4) is 11.8 Å². The number of halogens is 2. The molecule has 0 aliphatic carbocycles. The molecule has 0 radical (unpaired) electrons. The molecule has 0 saturated heterocycles. The molecule has 0 saturated carbocycles. The largest absolute Gasteiger partial charge is 0.487 e.